The summed E-state index contributed by atoms with van der Waals surface area (Å²) in [5.74, 6) is 0.796. The van der Waals surface area contributed by atoms with Gasteiger partial charge in [-0.2, -0.15) is 0 Å². The highest BCUT2D eigenvalue weighted by Crippen LogP contribution is 2.24. The zero-order valence-electron chi connectivity index (χ0n) is 15.5. The predicted octanol–water partition coefficient (Wildman–Crippen LogP) is 4.44. The molecule has 0 fully saturated rings. The largest absolute Gasteiger partial charge is 0.492 e. The van der Waals surface area contributed by atoms with Crippen LogP contribution in [0.15, 0.2) is 60.9 Å². The molecule has 2 N–H and O–H groups in total. The number of hydrogen-bond donors (Lipinski definition) is 2. The first-order valence-corrected chi connectivity index (χ1v) is 9.37. The zero-order chi connectivity index (χ0) is 19.8. The van der Waals surface area contributed by atoms with Crippen LogP contribution in [-0.4, -0.2) is 29.0 Å². The second kappa shape index (κ2) is 9.71. The molecule has 144 valence electrons. The van der Waals surface area contributed by atoms with E-state index in [4.69, 9.17) is 16.3 Å². The van der Waals surface area contributed by atoms with Crippen LogP contribution in [0.5, 0.6) is 5.75 Å². The summed E-state index contributed by atoms with van der Waals surface area (Å²) in [5, 5.41) is 6.68. The first-order valence-electron chi connectivity index (χ1n) is 8.99. The summed E-state index contributed by atoms with van der Waals surface area (Å²) in [6.07, 6.45) is 3.78. The van der Waals surface area contributed by atoms with E-state index in [0.29, 0.717) is 36.1 Å². The van der Waals surface area contributed by atoms with Crippen molar-refractivity contribution in [2.75, 3.05) is 23.8 Å². The average Bonchev–Trinajstić information content (AvgIpc) is 2.70. The number of carbonyl (C=O) groups excluding carboxylic acids is 1. The molecule has 0 saturated heterocycles. The molecule has 1 amide bonds. The number of para-hydroxylation sites is 2. The Bertz CT molecular complexity index is 932. The average molecular weight is 397 g/mol. The second-order valence-electron chi connectivity index (χ2n) is 5.99. The van der Waals surface area contributed by atoms with Crippen LogP contribution in [0, 0.1) is 0 Å². The van der Waals surface area contributed by atoms with Gasteiger partial charge in [0.15, 0.2) is 0 Å². The van der Waals surface area contributed by atoms with Crippen molar-refractivity contribution in [3.63, 3.8) is 0 Å². The van der Waals surface area contributed by atoms with Crippen LogP contribution < -0.4 is 15.4 Å². The number of anilines is 2. The van der Waals surface area contributed by atoms with Crippen LogP contribution in [0.25, 0.3) is 0 Å². The van der Waals surface area contributed by atoms with Gasteiger partial charge in [-0.25, -0.2) is 9.97 Å². The third-order valence-electron chi connectivity index (χ3n) is 3.93. The first-order chi connectivity index (χ1) is 13.7. The van der Waals surface area contributed by atoms with Crippen molar-refractivity contribution >= 4 is 29.1 Å². The van der Waals surface area contributed by atoms with E-state index in [9.17, 15) is 4.79 Å². The molecular weight excluding hydrogens is 376 g/mol. The number of ether oxygens (including phenoxy) is 1. The molecule has 0 radical (unpaired) electrons. The van der Waals surface area contributed by atoms with E-state index in [1.54, 1.807) is 6.07 Å². The number of carbonyl (C=O) groups is 1. The number of nitrogens with one attached hydrogen (secondary N) is 2. The lowest BCUT2D eigenvalue weighted by Gasteiger charge is -2.11. The fraction of sp³-hybridized carbons (Fsp3) is 0.190. The maximum atomic E-state index is 12.4. The van der Waals surface area contributed by atoms with Gasteiger partial charge in [0, 0.05) is 24.0 Å². The van der Waals surface area contributed by atoms with Crippen LogP contribution in [-0.2, 0) is 6.42 Å². The molecule has 1 aromatic heterocycles. The lowest BCUT2D eigenvalue weighted by molar-refractivity contribution is 0.102. The number of benzene rings is 2. The van der Waals surface area contributed by atoms with E-state index in [0.717, 1.165) is 17.0 Å². The Morgan fingerprint density at radius 3 is 2.64 bits per heavy atom. The Morgan fingerprint density at radius 1 is 1.11 bits per heavy atom. The maximum Gasteiger partial charge on any atom is 0.258 e. The van der Waals surface area contributed by atoms with Crippen molar-refractivity contribution in [2.45, 2.75) is 13.3 Å². The Balaban J connectivity index is 1.55. The third kappa shape index (κ3) is 5.44. The number of hydrogen-bond acceptors (Lipinski definition) is 5. The van der Waals surface area contributed by atoms with E-state index < -0.39 is 0 Å². The molecule has 1 heterocycles. The fourth-order valence-electron chi connectivity index (χ4n) is 2.59. The molecular formula is C21H21ClN4O2. The summed E-state index contributed by atoms with van der Waals surface area (Å²) in [5.41, 5.74) is 2.11. The Hall–Kier alpha value is -3.12. The molecule has 3 aromatic rings. The molecule has 0 unspecified atom stereocenters. The number of nitrogens with zero attached hydrogens (tertiary/aromatic N) is 2. The summed E-state index contributed by atoms with van der Waals surface area (Å²) in [7, 11) is 0. The molecule has 7 heteroatoms. The van der Waals surface area contributed by atoms with Crippen molar-refractivity contribution in [1.82, 2.24) is 9.97 Å². The van der Waals surface area contributed by atoms with E-state index in [-0.39, 0.29) is 5.91 Å². The van der Waals surface area contributed by atoms with Gasteiger partial charge in [-0.1, -0.05) is 35.9 Å². The van der Waals surface area contributed by atoms with Crippen molar-refractivity contribution in [3.05, 3.63) is 77.1 Å². The van der Waals surface area contributed by atoms with E-state index >= 15 is 0 Å². The quantitative estimate of drug-likeness (QED) is 0.588. The van der Waals surface area contributed by atoms with Crippen molar-refractivity contribution in [2.24, 2.45) is 0 Å². The topological polar surface area (TPSA) is 76.1 Å². The Labute approximate surface area is 168 Å². The van der Waals surface area contributed by atoms with Crippen LogP contribution >= 0.6 is 11.6 Å². The van der Waals surface area contributed by atoms with Gasteiger partial charge in [0.1, 0.15) is 5.75 Å². The first kappa shape index (κ1) is 19.6. The molecule has 0 atom stereocenters. The van der Waals surface area contributed by atoms with Crippen molar-refractivity contribution in [3.8, 4) is 5.75 Å². The standard InChI is InChI=1S/C21H21ClN4O2/c1-2-28-19-9-4-3-8-18(19)26-20(27)16-13-24-21(25-14-16)23-11-10-15-6-5-7-17(22)12-15/h3-9,12-14H,2,10-11H2,1H3,(H,26,27)(H,23,24,25). The van der Waals surface area contributed by atoms with Gasteiger partial charge in [0.2, 0.25) is 5.95 Å². The monoisotopic (exact) mass is 396 g/mol. The normalized spacial score (nSPS) is 10.4. The second-order valence-corrected chi connectivity index (χ2v) is 6.42. The van der Waals surface area contributed by atoms with Crippen molar-refractivity contribution in [1.29, 1.82) is 0 Å². The molecule has 0 aliphatic rings. The van der Waals surface area contributed by atoms with Gasteiger partial charge in [-0.05, 0) is 43.2 Å². The predicted molar refractivity (Wildman–Crippen MR) is 111 cm³/mol. The minimum Gasteiger partial charge on any atom is -0.492 e. The molecule has 0 saturated carbocycles. The minimum atomic E-state index is -0.294. The number of rotatable bonds is 8. The third-order valence-corrected chi connectivity index (χ3v) is 4.17. The highest BCUT2D eigenvalue weighted by molar-refractivity contribution is 6.30. The van der Waals surface area contributed by atoms with Crippen LogP contribution in [0.2, 0.25) is 5.02 Å². The number of amides is 1. The molecule has 0 aliphatic heterocycles. The van der Waals surface area contributed by atoms with Gasteiger partial charge in [-0.15, -0.1) is 0 Å². The molecule has 0 spiro atoms. The van der Waals surface area contributed by atoms with Crippen LogP contribution in [0.3, 0.4) is 0 Å². The van der Waals surface area contributed by atoms with Crippen LogP contribution in [0.1, 0.15) is 22.8 Å². The molecule has 6 nitrogen and oxygen atoms in total. The van der Waals surface area contributed by atoms with Gasteiger partial charge >= 0.3 is 0 Å². The summed E-state index contributed by atoms with van der Waals surface area (Å²) < 4.78 is 5.52. The molecule has 28 heavy (non-hydrogen) atoms. The smallest absolute Gasteiger partial charge is 0.258 e. The molecule has 3 rings (SSSR count). The molecule has 0 aliphatic carbocycles. The van der Waals surface area contributed by atoms with Gasteiger partial charge in [-0.3, -0.25) is 4.79 Å². The van der Waals surface area contributed by atoms with E-state index in [2.05, 4.69) is 20.6 Å². The fourth-order valence-corrected chi connectivity index (χ4v) is 2.81. The lowest BCUT2D eigenvalue weighted by atomic mass is 10.1. The summed E-state index contributed by atoms with van der Waals surface area (Å²) >= 11 is 5.98. The minimum absolute atomic E-state index is 0.294. The van der Waals surface area contributed by atoms with Crippen LogP contribution in [0.4, 0.5) is 11.6 Å². The summed E-state index contributed by atoms with van der Waals surface area (Å²) in [6.45, 7) is 3.07. The highest BCUT2D eigenvalue weighted by atomic mass is 35.5. The maximum absolute atomic E-state index is 12.4. The van der Waals surface area contributed by atoms with Crippen molar-refractivity contribution < 1.29 is 9.53 Å². The Kier molecular flexibility index (Phi) is 6.81. The van der Waals surface area contributed by atoms with Gasteiger partial charge in [0.05, 0.1) is 17.9 Å². The van der Waals surface area contributed by atoms with E-state index in [1.807, 2.05) is 49.4 Å². The van der Waals surface area contributed by atoms with Gasteiger partial charge < -0.3 is 15.4 Å². The lowest BCUT2D eigenvalue weighted by Crippen LogP contribution is -2.14. The molecule has 2 aromatic carbocycles. The summed E-state index contributed by atoms with van der Waals surface area (Å²) in [4.78, 5) is 20.9. The van der Waals surface area contributed by atoms with Gasteiger partial charge in [0.25, 0.3) is 5.91 Å². The van der Waals surface area contributed by atoms with E-state index in [1.165, 1.54) is 12.4 Å². The number of aromatic nitrogens is 2. The molecule has 0 bridgehead atoms. The zero-order valence-corrected chi connectivity index (χ0v) is 16.2. The Morgan fingerprint density at radius 2 is 1.89 bits per heavy atom. The highest BCUT2D eigenvalue weighted by Gasteiger charge is 2.10. The summed E-state index contributed by atoms with van der Waals surface area (Å²) in [6, 6.07) is 15.0. The SMILES string of the molecule is CCOc1ccccc1NC(=O)c1cnc(NCCc2cccc(Cl)c2)nc1. The number of halogens is 1.